The second-order valence-corrected chi connectivity index (χ2v) is 6.95. The van der Waals surface area contributed by atoms with Crippen LogP contribution >= 0.6 is 0 Å². The van der Waals surface area contributed by atoms with Gasteiger partial charge in [0, 0.05) is 23.8 Å². The summed E-state index contributed by atoms with van der Waals surface area (Å²) in [4.78, 5) is 9.02. The minimum absolute atomic E-state index is 0.287. The molecule has 1 N–H and O–H groups in total. The first-order chi connectivity index (χ1) is 13.0. The van der Waals surface area contributed by atoms with Gasteiger partial charge in [-0.3, -0.25) is 14.4 Å². The molecule has 2 rings (SSSR count). The number of aromatic nitrogens is 2. The van der Waals surface area contributed by atoms with E-state index in [-0.39, 0.29) is 6.67 Å². The lowest BCUT2D eigenvalue weighted by Gasteiger charge is -2.08. The molecule has 0 aliphatic carbocycles. The van der Waals surface area contributed by atoms with Crippen LogP contribution in [0, 0.1) is 6.92 Å². The first-order valence-electron chi connectivity index (χ1n) is 9.52. The van der Waals surface area contributed by atoms with Gasteiger partial charge in [0.2, 0.25) is 0 Å². The molecule has 2 aromatic heterocycles. The molecule has 0 aliphatic heterocycles. The largest absolute Gasteiger partial charge is 0.385 e. The van der Waals surface area contributed by atoms with E-state index in [4.69, 9.17) is 0 Å². The number of rotatable bonds is 8. The van der Waals surface area contributed by atoms with Crippen molar-refractivity contribution in [3.8, 4) is 0 Å². The molecule has 0 spiro atoms. The van der Waals surface area contributed by atoms with Crippen LogP contribution in [-0.4, -0.2) is 16.6 Å². The molecule has 4 heteroatoms. The Labute approximate surface area is 161 Å². The average Bonchev–Trinajstić information content (AvgIpc) is 2.66. The monoisotopic (exact) mass is 367 g/mol. The quantitative estimate of drug-likeness (QED) is 0.771. The molecule has 0 amide bonds. The molecule has 0 saturated heterocycles. The Balaban J connectivity index is 2.29. The fourth-order valence-electron chi connectivity index (χ4n) is 3.04. The Hall–Kier alpha value is -2.49. The summed E-state index contributed by atoms with van der Waals surface area (Å²) in [5, 5.41) is 5.65. The number of hydrogen-bond donors (Lipinski definition) is 1. The summed E-state index contributed by atoms with van der Waals surface area (Å²) < 4.78 is 12.4. The van der Waals surface area contributed by atoms with Gasteiger partial charge in [-0.1, -0.05) is 19.1 Å². The van der Waals surface area contributed by atoms with E-state index in [1.807, 2.05) is 25.5 Å². The summed E-state index contributed by atoms with van der Waals surface area (Å²) in [5.74, 6) is 0. The van der Waals surface area contributed by atoms with Gasteiger partial charge < -0.3 is 5.32 Å². The third-order valence-corrected chi connectivity index (χ3v) is 4.77. The van der Waals surface area contributed by atoms with E-state index < -0.39 is 0 Å². The Morgan fingerprint density at radius 3 is 2.70 bits per heavy atom. The average molecular weight is 368 g/mol. The van der Waals surface area contributed by atoms with Crippen LogP contribution in [0.15, 0.2) is 31.1 Å². The Morgan fingerprint density at radius 1 is 1.30 bits per heavy atom. The van der Waals surface area contributed by atoms with E-state index in [1.54, 1.807) is 0 Å². The first kappa shape index (κ1) is 20.8. The van der Waals surface area contributed by atoms with E-state index in [1.165, 1.54) is 10.8 Å². The minimum Gasteiger partial charge on any atom is -0.385 e. The van der Waals surface area contributed by atoms with Gasteiger partial charge in [0.15, 0.2) is 0 Å². The molecule has 0 bridgehead atoms. The SMILES string of the molecule is C=C(C)c1nccc(=C(\C)CC)/c1=C\NCc1cc(C)c(CCCF)cn1. The summed E-state index contributed by atoms with van der Waals surface area (Å²) >= 11 is 0. The van der Waals surface area contributed by atoms with Gasteiger partial charge in [-0.15, -0.1) is 0 Å². The summed E-state index contributed by atoms with van der Waals surface area (Å²) in [5.41, 5.74) is 6.42. The highest BCUT2D eigenvalue weighted by atomic mass is 19.1. The van der Waals surface area contributed by atoms with Crippen LogP contribution < -0.4 is 15.8 Å². The number of aryl methyl sites for hydroxylation is 2. The van der Waals surface area contributed by atoms with Gasteiger partial charge in [-0.05, 0) is 74.1 Å². The van der Waals surface area contributed by atoms with Crippen molar-refractivity contribution in [2.75, 3.05) is 6.67 Å². The van der Waals surface area contributed by atoms with Crippen LogP contribution in [-0.2, 0) is 13.0 Å². The smallest absolute Gasteiger partial charge is 0.0897 e. The molecule has 0 aliphatic rings. The van der Waals surface area contributed by atoms with E-state index in [0.717, 1.165) is 46.1 Å². The number of allylic oxidation sites excluding steroid dienone is 1. The minimum atomic E-state index is -0.287. The molecular formula is C23H30FN3. The maximum Gasteiger partial charge on any atom is 0.0897 e. The van der Waals surface area contributed by atoms with E-state index in [9.17, 15) is 4.39 Å². The van der Waals surface area contributed by atoms with E-state index >= 15 is 0 Å². The number of pyridine rings is 2. The van der Waals surface area contributed by atoms with Crippen molar-refractivity contribution in [3.05, 3.63) is 64.1 Å². The fraction of sp³-hybridized carbons (Fsp3) is 0.391. The zero-order valence-corrected chi connectivity index (χ0v) is 16.9. The number of hydrogen-bond acceptors (Lipinski definition) is 3. The molecule has 3 nitrogen and oxygen atoms in total. The van der Waals surface area contributed by atoms with Gasteiger partial charge in [0.05, 0.1) is 24.6 Å². The number of alkyl halides is 1. The second-order valence-electron chi connectivity index (χ2n) is 6.95. The summed E-state index contributed by atoms with van der Waals surface area (Å²) in [6.07, 6.45) is 8.00. The lowest BCUT2D eigenvalue weighted by molar-refractivity contribution is 0.472. The zero-order valence-electron chi connectivity index (χ0n) is 16.9. The second kappa shape index (κ2) is 10.0. The van der Waals surface area contributed by atoms with Gasteiger partial charge in [0.1, 0.15) is 0 Å². The van der Waals surface area contributed by atoms with Crippen molar-refractivity contribution in [1.82, 2.24) is 15.3 Å². The Kier molecular flexibility index (Phi) is 7.71. The van der Waals surface area contributed by atoms with Gasteiger partial charge in [0.25, 0.3) is 0 Å². The van der Waals surface area contributed by atoms with Gasteiger partial charge >= 0.3 is 0 Å². The predicted molar refractivity (Wildman–Crippen MR) is 112 cm³/mol. The van der Waals surface area contributed by atoms with Crippen molar-refractivity contribution in [1.29, 1.82) is 0 Å². The fourth-order valence-corrected chi connectivity index (χ4v) is 3.04. The van der Waals surface area contributed by atoms with Crippen molar-refractivity contribution >= 4 is 17.3 Å². The summed E-state index contributed by atoms with van der Waals surface area (Å²) in [6, 6.07) is 4.13. The molecule has 27 heavy (non-hydrogen) atoms. The van der Waals surface area contributed by atoms with E-state index in [0.29, 0.717) is 13.0 Å². The standard InChI is InChI=1S/C23H30FN3/c1-6-17(4)21-9-11-26-23(16(2)3)22(21)15-25-14-20-12-18(5)19(13-27-20)8-7-10-24/h9,11-13,15,25H,2,6-8,10,14H2,1,3-5H3/b21-17-,22-15+. The lowest BCUT2D eigenvalue weighted by atomic mass is 10.1. The summed E-state index contributed by atoms with van der Waals surface area (Å²) in [6.45, 7) is 12.7. The maximum absolute atomic E-state index is 12.4. The van der Waals surface area contributed by atoms with Crippen molar-refractivity contribution in [2.45, 2.75) is 53.5 Å². The molecule has 0 radical (unpaired) electrons. The van der Waals surface area contributed by atoms with Gasteiger partial charge in [-0.2, -0.15) is 0 Å². The Morgan fingerprint density at radius 2 is 2.07 bits per heavy atom. The first-order valence-corrected chi connectivity index (χ1v) is 9.52. The molecule has 0 unspecified atom stereocenters. The third kappa shape index (κ3) is 5.49. The van der Waals surface area contributed by atoms with Crippen molar-refractivity contribution in [2.24, 2.45) is 0 Å². The van der Waals surface area contributed by atoms with Crippen molar-refractivity contribution < 1.29 is 4.39 Å². The van der Waals surface area contributed by atoms with Crippen LogP contribution in [0.3, 0.4) is 0 Å². The van der Waals surface area contributed by atoms with Crippen LogP contribution in [0.1, 0.15) is 56.1 Å². The molecule has 2 aromatic rings. The third-order valence-electron chi connectivity index (χ3n) is 4.77. The highest BCUT2D eigenvalue weighted by Gasteiger charge is 2.03. The molecule has 0 saturated carbocycles. The maximum atomic E-state index is 12.4. The number of halogens is 1. The lowest BCUT2D eigenvalue weighted by Crippen LogP contribution is -2.33. The molecule has 0 aromatic carbocycles. The highest BCUT2D eigenvalue weighted by molar-refractivity contribution is 5.60. The zero-order chi connectivity index (χ0) is 19.8. The van der Waals surface area contributed by atoms with Crippen LogP contribution in [0.4, 0.5) is 4.39 Å². The molecule has 144 valence electrons. The molecule has 0 atom stereocenters. The van der Waals surface area contributed by atoms with Crippen molar-refractivity contribution in [3.63, 3.8) is 0 Å². The van der Waals surface area contributed by atoms with Crippen LogP contribution in [0.25, 0.3) is 17.3 Å². The molecule has 0 fully saturated rings. The molecule has 2 heterocycles. The summed E-state index contributed by atoms with van der Waals surface area (Å²) in [7, 11) is 0. The van der Waals surface area contributed by atoms with Crippen LogP contribution in [0.2, 0.25) is 0 Å². The van der Waals surface area contributed by atoms with Crippen LogP contribution in [0.5, 0.6) is 0 Å². The molecular weight excluding hydrogens is 337 g/mol. The van der Waals surface area contributed by atoms with Gasteiger partial charge in [-0.25, -0.2) is 0 Å². The van der Waals surface area contributed by atoms with E-state index in [2.05, 4.69) is 54.8 Å². The highest BCUT2D eigenvalue weighted by Crippen LogP contribution is 2.11. The topological polar surface area (TPSA) is 37.8 Å². The Bertz CT molecular complexity index is 916. The number of nitrogens with one attached hydrogen (secondary N) is 1. The number of nitrogens with zero attached hydrogens (tertiary/aromatic N) is 2. The predicted octanol–water partition coefficient (Wildman–Crippen LogP) is 3.83. The normalized spacial score (nSPS) is 12.9.